The second-order valence-electron chi connectivity index (χ2n) is 5.81. The normalized spacial score (nSPS) is 12.8. The van der Waals surface area contributed by atoms with Crippen LogP contribution in [0.1, 0.15) is 38.0 Å². The zero-order valence-corrected chi connectivity index (χ0v) is 18.2. The Kier molecular flexibility index (Phi) is 8.65. The maximum absolute atomic E-state index is 13.6. The second kappa shape index (κ2) is 10.5. The monoisotopic (exact) mass is 459 g/mol. The van der Waals surface area contributed by atoms with Crippen molar-refractivity contribution in [1.29, 1.82) is 0 Å². The minimum atomic E-state index is -3.44. The molecule has 1 atom stereocenters. The number of halogens is 2. The van der Waals surface area contributed by atoms with Crippen LogP contribution in [0.4, 0.5) is 5.69 Å². The van der Waals surface area contributed by atoms with Gasteiger partial charge in [0.15, 0.2) is 5.78 Å². The van der Waals surface area contributed by atoms with Gasteiger partial charge in [-0.25, -0.2) is 0 Å². The van der Waals surface area contributed by atoms with Gasteiger partial charge >= 0.3 is 7.60 Å². The average molecular weight is 461 g/mol. The van der Waals surface area contributed by atoms with Crippen LogP contribution in [0, 0.1) is 0 Å². The number of rotatable bonds is 10. The summed E-state index contributed by atoms with van der Waals surface area (Å²) in [6.07, 6.45) is 1.51. The quantitative estimate of drug-likeness (QED) is 0.379. The fourth-order valence-corrected chi connectivity index (χ4v) is 4.80. The van der Waals surface area contributed by atoms with Gasteiger partial charge in [0, 0.05) is 15.2 Å². The van der Waals surface area contributed by atoms with E-state index in [1.807, 2.05) is 50.2 Å². The first-order valence-corrected chi connectivity index (χ1v) is 11.4. The first-order valence-electron chi connectivity index (χ1n) is 8.65. The Hall–Kier alpha value is -0.840. The summed E-state index contributed by atoms with van der Waals surface area (Å²) in [4.78, 5) is 0. The van der Waals surface area contributed by atoms with Crippen LogP contribution in [-0.2, 0) is 13.6 Å². The van der Waals surface area contributed by atoms with Crippen LogP contribution in [0.5, 0.6) is 0 Å². The molecule has 0 unspecified atom stereocenters. The molecule has 2 aromatic rings. The molecule has 0 aliphatic carbocycles. The smallest absolute Gasteiger partial charge is 0.357 e. The summed E-state index contributed by atoms with van der Waals surface area (Å²) in [5.74, 6) is -0.616. The Morgan fingerprint density at radius 3 is 2.04 bits per heavy atom. The fraction of sp³-hybridized carbons (Fsp3) is 0.368. The van der Waals surface area contributed by atoms with E-state index >= 15 is 0 Å². The highest BCUT2D eigenvalue weighted by molar-refractivity contribution is 9.10. The van der Waals surface area contributed by atoms with Crippen molar-refractivity contribution in [3.63, 3.8) is 0 Å². The summed E-state index contributed by atoms with van der Waals surface area (Å²) in [6, 6.07) is 14.9. The summed E-state index contributed by atoms with van der Waals surface area (Å²) in [6.45, 7) is 4.70. The van der Waals surface area contributed by atoms with Crippen molar-refractivity contribution in [2.24, 2.45) is 0 Å². The van der Waals surface area contributed by atoms with Crippen LogP contribution >= 0.6 is 35.1 Å². The Morgan fingerprint density at radius 1 is 1.00 bits per heavy atom. The highest BCUT2D eigenvalue weighted by Gasteiger charge is 2.37. The summed E-state index contributed by atoms with van der Waals surface area (Å²) >= 11 is 9.41. The maximum atomic E-state index is 13.6. The van der Waals surface area contributed by atoms with Crippen LogP contribution in [0.2, 0.25) is 5.02 Å². The van der Waals surface area contributed by atoms with Gasteiger partial charge in [-0.3, -0.25) is 4.57 Å². The van der Waals surface area contributed by atoms with Crippen molar-refractivity contribution < 1.29 is 13.6 Å². The molecule has 0 saturated carbocycles. The van der Waals surface area contributed by atoms with Crippen molar-refractivity contribution in [3.8, 4) is 0 Å². The van der Waals surface area contributed by atoms with E-state index in [0.29, 0.717) is 18.2 Å². The van der Waals surface area contributed by atoms with Gasteiger partial charge in [-0.2, -0.15) is 0 Å². The highest BCUT2D eigenvalue weighted by atomic mass is 79.9. The number of nitrogens with one attached hydrogen (secondary N) is 1. The van der Waals surface area contributed by atoms with Gasteiger partial charge in [0.25, 0.3) is 0 Å². The van der Waals surface area contributed by atoms with Gasteiger partial charge < -0.3 is 14.4 Å². The van der Waals surface area contributed by atoms with E-state index in [1.54, 1.807) is 12.1 Å². The lowest BCUT2D eigenvalue weighted by Gasteiger charge is -2.29. The molecule has 0 saturated heterocycles. The van der Waals surface area contributed by atoms with Crippen molar-refractivity contribution in [2.75, 3.05) is 18.5 Å². The van der Waals surface area contributed by atoms with Gasteiger partial charge in [-0.1, -0.05) is 53.5 Å². The molecule has 0 aliphatic heterocycles. The summed E-state index contributed by atoms with van der Waals surface area (Å²) < 4.78 is 26.1. The minimum Gasteiger partial charge on any atom is -0.368 e. The third-order valence-electron chi connectivity index (χ3n) is 3.60. The molecule has 7 heteroatoms. The van der Waals surface area contributed by atoms with E-state index in [9.17, 15) is 4.57 Å². The molecular weight excluding hydrogens is 437 g/mol. The van der Waals surface area contributed by atoms with Crippen molar-refractivity contribution in [2.45, 2.75) is 32.5 Å². The van der Waals surface area contributed by atoms with E-state index in [-0.39, 0.29) is 0 Å². The molecule has 0 fully saturated rings. The van der Waals surface area contributed by atoms with Crippen LogP contribution < -0.4 is 5.32 Å². The molecule has 0 amide bonds. The molecule has 1 N–H and O–H groups in total. The standard InChI is InChI=1S/C19H24BrClNO3P/c1-3-13-24-26(23,25-14-4-2)19(15-5-7-16(20)8-6-15)22-18-11-9-17(21)10-12-18/h5-12,19,22H,3-4,13-14H2,1-2H3/t19-/m0/s1. The lowest BCUT2D eigenvalue weighted by molar-refractivity contribution is 0.199. The number of hydrogen-bond acceptors (Lipinski definition) is 4. The largest absolute Gasteiger partial charge is 0.368 e. The Bertz CT molecular complexity index is 713. The molecular formula is C19H24BrClNO3P. The van der Waals surface area contributed by atoms with Gasteiger partial charge in [-0.15, -0.1) is 0 Å². The van der Waals surface area contributed by atoms with Gasteiger partial charge in [0.2, 0.25) is 0 Å². The molecule has 4 nitrogen and oxygen atoms in total. The van der Waals surface area contributed by atoms with Crippen molar-refractivity contribution in [3.05, 3.63) is 63.6 Å². The SMILES string of the molecule is CCCOP(=O)(OCCC)[C@H](Nc1ccc(Cl)cc1)c1ccc(Br)cc1. The molecule has 0 radical (unpaired) electrons. The molecule has 0 heterocycles. The molecule has 0 bridgehead atoms. The highest BCUT2D eigenvalue weighted by Crippen LogP contribution is 2.61. The third-order valence-corrected chi connectivity index (χ3v) is 6.53. The Balaban J connectivity index is 2.39. The van der Waals surface area contributed by atoms with E-state index in [1.165, 1.54) is 0 Å². The third kappa shape index (κ3) is 6.11. The predicted molar refractivity (Wildman–Crippen MR) is 112 cm³/mol. The Morgan fingerprint density at radius 2 is 1.54 bits per heavy atom. The molecule has 0 spiro atoms. The summed E-state index contributed by atoms with van der Waals surface area (Å²) in [5.41, 5.74) is 1.63. The molecule has 142 valence electrons. The van der Waals surface area contributed by atoms with Gasteiger partial charge in [0.1, 0.15) is 0 Å². The van der Waals surface area contributed by atoms with E-state index in [4.69, 9.17) is 20.6 Å². The van der Waals surface area contributed by atoms with Crippen molar-refractivity contribution in [1.82, 2.24) is 0 Å². The number of anilines is 1. The first kappa shape index (κ1) is 21.5. The maximum Gasteiger partial charge on any atom is 0.357 e. The topological polar surface area (TPSA) is 47.6 Å². The summed E-state index contributed by atoms with van der Waals surface area (Å²) in [7, 11) is -3.44. The summed E-state index contributed by atoms with van der Waals surface area (Å²) in [5, 5.41) is 3.96. The zero-order chi connectivity index (χ0) is 19.0. The lowest BCUT2D eigenvalue weighted by atomic mass is 10.2. The fourth-order valence-electron chi connectivity index (χ4n) is 2.32. The van der Waals surface area contributed by atoms with Gasteiger partial charge in [0.05, 0.1) is 13.2 Å². The van der Waals surface area contributed by atoms with Crippen LogP contribution in [0.3, 0.4) is 0 Å². The molecule has 2 rings (SSSR count). The van der Waals surface area contributed by atoms with Crippen LogP contribution in [0.15, 0.2) is 53.0 Å². The lowest BCUT2D eigenvalue weighted by Crippen LogP contribution is -2.16. The molecule has 0 aromatic heterocycles. The number of hydrogen-bond donors (Lipinski definition) is 1. The van der Waals surface area contributed by atoms with Crippen LogP contribution in [0.25, 0.3) is 0 Å². The zero-order valence-electron chi connectivity index (χ0n) is 15.0. The van der Waals surface area contributed by atoms with E-state index in [0.717, 1.165) is 28.6 Å². The molecule has 26 heavy (non-hydrogen) atoms. The molecule has 2 aromatic carbocycles. The van der Waals surface area contributed by atoms with Crippen molar-refractivity contribution >= 4 is 40.8 Å². The average Bonchev–Trinajstić information content (AvgIpc) is 2.65. The first-order chi connectivity index (χ1) is 12.5. The molecule has 0 aliphatic rings. The minimum absolute atomic E-state index is 0.371. The predicted octanol–water partition coefficient (Wildman–Crippen LogP) is 7.26. The van der Waals surface area contributed by atoms with E-state index < -0.39 is 13.4 Å². The van der Waals surface area contributed by atoms with E-state index in [2.05, 4.69) is 21.2 Å². The van der Waals surface area contributed by atoms with Gasteiger partial charge in [-0.05, 0) is 54.8 Å². The second-order valence-corrected chi connectivity index (χ2v) is 9.28. The Labute approximate surface area is 168 Å². The van der Waals surface area contributed by atoms with Crippen LogP contribution in [-0.4, -0.2) is 13.2 Å². The number of benzene rings is 2.